The Morgan fingerprint density at radius 2 is 1.81 bits per heavy atom. The lowest BCUT2D eigenvalue weighted by Gasteiger charge is -2.11. The summed E-state index contributed by atoms with van der Waals surface area (Å²) < 4.78 is 6.07. The summed E-state index contributed by atoms with van der Waals surface area (Å²) in [5.74, 6) is 1.68. The van der Waals surface area contributed by atoms with E-state index >= 15 is 0 Å². The second-order valence-electron chi connectivity index (χ2n) is 5.07. The maximum atomic E-state index is 6.07. The van der Waals surface area contributed by atoms with E-state index in [1.165, 1.54) is 5.56 Å². The Labute approximate surface area is 124 Å². The Hall–Kier alpha value is -2.39. The van der Waals surface area contributed by atoms with Crippen molar-refractivity contribution in [3.63, 3.8) is 0 Å². The van der Waals surface area contributed by atoms with Crippen LogP contribution in [0.1, 0.15) is 11.3 Å². The number of benzene rings is 2. The summed E-state index contributed by atoms with van der Waals surface area (Å²) in [6.07, 6.45) is 0. The van der Waals surface area contributed by atoms with Gasteiger partial charge in [-0.3, -0.25) is 4.98 Å². The summed E-state index contributed by atoms with van der Waals surface area (Å²) in [6.45, 7) is 2.78. The molecule has 0 saturated heterocycles. The quantitative estimate of drug-likeness (QED) is 0.781. The maximum absolute atomic E-state index is 6.07. The van der Waals surface area contributed by atoms with Gasteiger partial charge in [0.05, 0.1) is 11.2 Å². The first-order chi connectivity index (χ1) is 10.3. The molecule has 0 radical (unpaired) electrons. The van der Waals surface area contributed by atoms with Crippen molar-refractivity contribution in [1.82, 2.24) is 10.3 Å². The zero-order valence-electron chi connectivity index (χ0n) is 12.3. The van der Waals surface area contributed by atoms with Gasteiger partial charge in [0.15, 0.2) is 0 Å². The van der Waals surface area contributed by atoms with Crippen molar-refractivity contribution < 1.29 is 4.74 Å². The minimum absolute atomic E-state index is 0.717. The number of hydrogen-bond acceptors (Lipinski definition) is 3. The van der Waals surface area contributed by atoms with Crippen LogP contribution < -0.4 is 10.1 Å². The van der Waals surface area contributed by atoms with Gasteiger partial charge in [-0.15, -0.1) is 0 Å². The molecule has 1 heterocycles. The zero-order chi connectivity index (χ0) is 14.7. The van der Waals surface area contributed by atoms with Gasteiger partial charge in [0, 0.05) is 18.0 Å². The van der Waals surface area contributed by atoms with Crippen molar-refractivity contribution in [2.45, 2.75) is 13.5 Å². The lowest BCUT2D eigenvalue weighted by molar-refractivity contribution is 0.486. The second kappa shape index (κ2) is 5.94. The highest BCUT2D eigenvalue weighted by Gasteiger charge is 2.07. The number of aryl methyl sites for hydroxylation is 1. The summed E-state index contributed by atoms with van der Waals surface area (Å²) in [6, 6.07) is 18.1. The Kier molecular flexibility index (Phi) is 3.84. The molecule has 1 aromatic heterocycles. The van der Waals surface area contributed by atoms with E-state index in [9.17, 15) is 0 Å². The molecule has 3 aromatic rings. The molecule has 3 heteroatoms. The van der Waals surface area contributed by atoms with Crippen LogP contribution in [0.15, 0.2) is 54.6 Å². The molecule has 21 heavy (non-hydrogen) atoms. The molecule has 0 unspecified atom stereocenters. The third kappa shape index (κ3) is 3.03. The van der Waals surface area contributed by atoms with Gasteiger partial charge in [-0.1, -0.05) is 29.8 Å². The van der Waals surface area contributed by atoms with Gasteiger partial charge in [-0.2, -0.15) is 0 Å². The van der Waals surface area contributed by atoms with E-state index in [4.69, 9.17) is 4.74 Å². The molecular weight excluding hydrogens is 260 g/mol. The SMILES string of the molecule is CNCc1cc(Oc2ccc(C)cc2)c2ccccc2n1. The third-order valence-electron chi connectivity index (χ3n) is 3.34. The van der Waals surface area contributed by atoms with Gasteiger partial charge >= 0.3 is 0 Å². The molecule has 0 bridgehead atoms. The minimum atomic E-state index is 0.717. The Bertz CT molecular complexity index is 751. The van der Waals surface area contributed by atoms with Crippen molar-refractivity contribution >= 4 is 10.9 Å². The molecule has 3 nitrogen and oxygen atoms in total. The Morgan fingerprint density at radius 1 is 1.05 bits per heavy atom. The van der Waals surface area contributed by atoms with Crippen molar-refractivity contribution in [2.75, 3.05) is 7.05 Å². The highest BCUT2D eigenvalue weighted by molar-refractivity contribution is 5.85. The molecule has 1 N–H and O–H groups in total. The van der Waals surface area contributed by atoms with E-state index in [-0.39, 0.29) is 0 Å². The summed E-state index contributed by atoms with van der Waals surface area (Å²) in [4.78, 5) is 4.64. The van der Waals surface area contributed by atoms with E-state index < -0.39 is 0 Å². The molecule has 0 saturated carbocycles. The Morgan fingerprint density at radius 3 is 2.57 bits per heavy atom. The molecule has 106 valence electrons. The molecule has 0 spiro atoms. The lowest BCUT2D eigenvalue weighted by Crippen LogP contribution is -2.07. The van der Waals surface area contributed by atoms with E-state index in [0.29, 0.717) is 0 Å². The number of aromatic nitrogens is 1. The van der Waals surface area contributed by atoms with Crippen LogP contribution in [-0.2, 0) is 6.54 Å². The molecule has 0 aliphatic carbocycles. The molecule has 0 aliphatic heterocycles. The predicted octanol–water partition coefficient (Wildman–Crippen LogP) is 4.05. The average molecular weight is 278 g/mol. The van der Waals surface area contributed by atoms with E-state index in [0.717, 1.165) is 34.6 Å². The molecule has 0 atom stereocenters. The highest BCUT2D eigenvalue weighted by Crippen LogP contribution is 2.30. The maximum Gasteiger partial charge on any atom is 0.138 e. The molecule has 0 aliphatic rings. The summed E-state index contributed by atoms with van der Waals surface area (Å²) in [5, 5.41) is 4.16. The van der Waals surface area contributed by atoms with Crippen molar-refractivity contribution in [3.8, 4) is 11.5 Å². The fourth-order valence-corrected chi connectivity index (χ4v) is 2.28. The first-order valence-electron chi connectivity index (χ1n) is 7.04. The molecule has 0 fully saturated rings. The minimum Gasteiger partial charge on any atom is -0.457 e. The lowest BCUT2D eigenvalue weighted by atomic mass is 10.1. The van der Waals surface area contributed by atoms with Crippen LogP contribution in [-0.4, -0.2) is 12.0 Å². The summed E-state index contributed by atoms with van der Waals surface area (Å²) in [5.41, 5.74) is 3.14. The summed E-state index contributed by atoms with van der Waals surface area (Å²) in [7, 11) is 1.91. The molecule has 3 rings (SSSR count). The van der Waals surface area contributed by atoms with Crippen LogP contribution >= 0.6 is 0 Å². The second-order valence-corrected chi connectivity index (χ2v) is 5.07. The van der Waals surface area contributed by atoms with Crippen molar-refractivity contribution in [3.05, 3.63) is 65.9 Å². The molecule has 0 amide bonds. The van der Waals surface area contributed by atoms with Crippen LogP contribution in [0, 0.1) is 6.92 Å². The average Bonchev–Trinajstić information content (AvgIpc) is 2.50. The number of rotatable bonds is 4. The highest BCUT2D eigenvalue weighted by atomic mass is 16.5. The first-order valence-corrected chi connectivity index (χ1v) is 7.04. The smallest absolute Gasteiger partial charge is 0.138 e. The number of para-hydroxylation sites is 1. The summed E-state index contributed by atoms with van der Waals surface area (Å²) >= 11 is 0. The van der Waals surface area contributed by atoms with Crippen LogP contribution in [0.3, 0.4) is 0 Å². The monoisotopic (exact) mass is 278 g/mol. The van der Waals surface area contributed by atoms with Crippen molar-refractivity contribution in [1.29, 1.82) is 0 Å². The van der Waals surface area contributed by atoms with Crippen molar-refractivity contribution in [2.24, 2.45) is 0 Å². The molecule has 2 aromatic carbocycles. The van der Waals surface area contributed by atoms with E-state index in [1.54, 1.807) is 0 Å². The van der Waals surface area contributed by atoms with Gasteiger partial charge in [-0.05, 0) is 38.2 Å². The number of nitrogens with zero attached hydrogens (tertiary/aromatic N) is 1. The Balaban J connectivity index is 2.04. The number of hydrogen-bond donors (Lipinski definition) is 1. The largest absolute Gasteiger partial charge is 0.457 e. The fourth-order valence-electron chi connectivity index (χ4n) is 2.28. The van der Waals surface area contributed by atoms with Gasteiger partial charge in [0.1, 0.15) is 11.5 Å². The predicted molar refractivity (Wildman–Crippen MR) is 85.8 cm³/mol. The van der Waals surface area contributed by atoms with Gasteiger partial charge < -0.3 is 10.1 Å². The number of nitrogens with one attached hydrogen (secondary N) is 1. The van der Waals surface area contributed by atoms with Crippen LogP contribution in [0.25, 0.3) is 10.9 Å². The van der Waals surface area contributed by atoms with Crippen LogP contribution in [0.5, 0.6) is 11.5 Å². The van der Waals surface area contributed by atoms with E-state index in [1.807, 2.05) is 61.6 Å². The zero-order valence-corrected chi connectivity index (χ0v) is 12.3. The van der Waals surface area contributed by atoms with Gasteiger partial charge in [-0.25, -0.2) is 0 Å². The van der Waals surface area contributed by atoms with E-state index in [2.05, 4.69) is 17.2 Å². The van der Waals surface area contributed by atoms with Gasteiger partial charge in [0.25, 0.3) is 0 Å². The normalized spacial score (nSPS) is 10.8. The first kappa shape index (κ1) is 13.6. The van der Waals surface area contributed by atoms with Gasteiger partial charge in [0.2, 0.25) is 0 Å². The fraction of sp³-hybridized carbons (Fsp3) is 0.167. The molecular formula is C18H18N2O. The third-order valence-corrected chi connectivity index (χ3v) is 3.34. The van der Waals surface area contributed by atoms with Crippen LogP contribution in [0.2, 0.25) is 0 Å². The van der Waals surface area contributed by atoms with Crippen LogP contribution in [0.4, 0.5) is 0 Å². The topological polar surface area (TPSA) is 34.1 Å². The number of pyridine rings is 1. The number of fused-ring (bicyclic) bond motifs is 1. The number of ether oxygens (including phenoxy) is 1. The standard InChI is InChI=1S/C18H18N2O/c1-13-7-9-15(10-8-13)21-18-11-14(12-19-2)20-17-6-4-3-5-16(17)18/h3-11,19H,12H2,1-2H3.